The third-order valence-electron chi connectivity index (χ3n) is 1.26. The van der Waals surface area contributed by atoms with Gasteiger partial charge in [0.05, 0.1) is 0 Å². The Hall–Kier alpha value is -0.330. The molecule has 0 fully saturated rings. The molecular weight excluding hydrogens is 286 g/mol. The summed E-state index contributed by atoms with van der Waals surface area (Å²) in [5.74, 6) is -1.68. The van der Waals surface area contributed by atoms with E-state index in [0.29, 0.717) is 0 Å². The molecule has 0 bridgehead atoms. The van der Waals surface area contributed by atoms with Gasteiger partial charge < -0.3 is 5.11 Å². The molecule has 0 amide bonds. The highest BCUT2D eigenvalue weighted by molar-refractivity contribution is 9.10. The van der Waals surface area contributed by atoms with Gasteiger partial charge in [0, 0.05) is 21.2 Å². The van der Waals surface area contributed by atoms with Crippen LogP contribution < -0.4 is 0 Å². The van der Waals surface area contributed by atoms with Gasteiger partial charge in [0.15, 0.2) is 11.6 Å². The molecular formula is C6H3BrClFO3S. The van der Waals surface area contributed by atoms with Crippen LogP contribution in [-0.4, -0.2) is 13.5 Å². The lowest BCUT2D eigenvalue weighted by atomic mass is 10.3. The largest absolute Gasteiger partial charge is 0.505 e. The van der Waals surface area contributed by atoms with Crippen LogP contribution in [0.15, 0.2) is 21.5 Å². The Balaban J connectivity index is 3.50. The molecule has 0 unspecified atom stereocenters. The average molecular weight is 290 g/mol. The molecule has 0 aromatic heterocycles. The van der Waals surface area contributed by atoms with Crippen LogP contribution in [0.25, 0.3) is 0 Å². The second kappa shape index (κ2) is 3.43. The van der Waals surface area contributed by atoms with Crippen LogP contribution in [0.1, 0.15) is 0 Å². The Morgan fingerprint density at radius 3 is 2.46 bits per heavy atom. The lowest BCUT2D eigenvalue weighted by Crippen LogP contribution is -1.93. The summed E-state index contributed by atoms with van der Waals surface area (Å²) in [7, 11) is 1.02. The Morgan fingerprint density at radius 2 is 2.00 bits per heavy atom. The smallest absolute Gasteiger partial charge is 0.262 e. The molecule has 1 rings (SSSR count). The molecule has 72 valence electrons. The molecule has 0 saturated heterocycles. The van der Waals surface area contributed by atoms with E-state index in [9.17, 15) is 12.8 Å². The summed E-state index contributed by atoms with van der Waals surface area (Å²) < 4.78 is 34.2. The van der Waals surface area contributed by atoms with Crippen molar-refractivity contribution in [2.75, 3.05) is 0 Å². The van der Waals surface area contributed by atoms with Crippen LogP contribution in [0.4, 0.5) is 4.39 Å². The van der Waals surface area contributed by atoms with E-state index in [1.54, 1.807) is 0 Å². The van der Waals surface area contributed by atoms with Crippen LogP contribution in [0.2, 0.25) is 0 Å². The molecule has 0 heterocycles. The van der Waals surface area contributed by atoms with Crippen molar-refractivity contribution in [1.82, 2.24) is 0 Å². The first-order valence-electron chi connectivity index (χ1n) is 2.95. The fourth-order valence-electron chi connectivity index (χ4n) is 0.705. The number of phenols is 1. The minimum absolute atomic E-state index is 0.0298. The van der Waals surface area contributed by atoms with Gasteiger partial charge in [-0.15, -0.1) is 0 Å². The molecule has 1 N–H and O–H groups in total. The SMILES string of the molecule is O=S(=O)(Cl)c1cc(O)c(F)cc1Br. The normalized spacial score (nSPS) is 11.6. The van der Waals surface area contributed by atoms with Crippen LogP contribution in [-0.2, 0) is 9.05 Å². The maximum atomic E-state index is 12.6. The number of halogens is 3. The van der Waals surface area contributed by atoms with Crippen molar-refractivity contribution in [3.63, 3.8) is 0 Å². The van der Waals surface area contributed by atoms with E-state index in [0.717, 1.165) is 12.1 Å². The van der Waals surface area contributed by atoms with Gasteiger partial charge in [0.25, 0.3) is 9.05 Å². The Kier molecular flexibility index (Phi) is 2.84. The highest BCUT2D eigenvalue weighted by Crippen LogP contribution is 2.30. The molecule has 0 aliphatic carbocycles. The summed E-state index contributed by atoms with van der Waals surface area (Å²) in [4.78, 5) is -0.368. The van der Waals surface area contributed by atoms with Crippen LogP contribution in [0.5, 0.6) is 5.75 Å². The van der Waals surface area contributed by atoms with Gasteiger partial charge in [-0.1, -0.05) is 0 Å². The zero-order valence-electron chi connectivity index (χ0n) is 5.96. The maximum Gasteiger partial charge on any atom is 0.262 e. The minimum atomic E-state index is -3.97. The second-order valence-corrected chi connectivity index (χ2v) is 5.56. The molecule has 0 atom stereocenters. The molecule has 0 aliphatic rings. The van der Waals surface area contributed by atoms with Crippen molar-refractivity contribution in [1.29, 1.82) is 0 Å². The van der Waals surface area contributed by atoms with Crippen molar-refractivity contribution in [2.45, 2.75) is 4.90 Å². The van der Waals surface area contributed by atoms with E-state index < -0.39 is 20.6 Å². The summed E-state index contributed by atoms with van der Waals surface area (Å²) in [6.07, 6.45) is 0. The van der Waals surface area contributed by atoms with Gasteiger partial charge in [0.2, 0.25) is 0 Å². The number of aromatic hydroxyl groups is 1. The van der Waals surface area contributed by atoms with Gasteiger partial charge in [-0.05, 0) is 22.0 Å². The van der Waals surface area contributed by atoms with Gasteiger partial charge in [-0.3, -0.25) is 0 Å². The number of hydrogen-bond acceptors (Lipinski definition) is 3. The third kappa shape index (κ3) is 2.32. The summed E-state index contributed by atoms with van der Waals surface area (Å²) in [6.45, 7) is 0. The predicted molar refractivity (Wildman–Crippen MR) is 48.8 cm³/mol. The van der Waals surface area contributed by atoms with Gasteiger partial charge in [-0.25, -0.2) is 12.8 Å². The number of phenolic OH excluding ortho intramolecular Hbond substituents is 1. The maximum absolute atomic E-state index is 12.6. The molecule has 0 saturated carbocycles. The van der Waals surface area contributed by atoms with Crippen LogP contribution in [0.3, 0.4) is 0 Å². The topological polar surface area (TPSA) is 54.4 Å². The fourth-order valence-corrected chi connectivity index (χ4v) is 2.87. The van der Waals surface area contributed by atoms with E-state index in [1.807, 2.05) is 0 Å². The zero-order valence-corrected chi connectivity index (χ0v) is 9.12. The van der Waals surface area contributed by atoms with Crippen LogP contribution in [0, 0.1) is 5.82 Å². The number of hydrogen-bond donors (Lipinski definition) is 1. The lowest BCUT2D eigenvalue weighted by molar-refractivity contribution is 0.430. The summed E-state index contributed by atoms with van der Waals surface area (Å²) >= 11 is 2.80. The monoisotopic (exact) mass is 288 g/mol. The quantitative estimate of drug-likeness (QED) is 0.807. The van der Waals surface area contributed by atoms with Gasteiger partial charge in [0.1, 0.15) is 4.90 Å². The fraction of sp³-hybridized carbons (Fsp3) is 0. The van der Waals surface area contributed by atoms with Crippen molar-refractivity contribution < 1.29 is 17.9 Å². The molecule has 1 aromatic rings. The molecule has 7 heteroatoms. The summed E-state index contributed by atoms with van der Waals surface area (Å²) in [5, 5.41) is 8.87. The Morgan fingerprint density at radius 1 is 1.46 bits per heavy atom. The van der Waals surface area contributed by atoms with Crippen molar-refractivity contribution in [2.24, 2.45) is 0 Å². The molecule has 0 spiro atoms. The highest BCUT2D eigenvalue weighted by Gasteiger charge is 2.17. The number of rotatable bonds is 1. The van der Waals surface area contributed by atoms with Crippen LogP contribution >= 0.6 is 26.6 Å². The van der Waals surface area contributed by atoms with E-state index in [4.69, 9.17) is 15.8 Å². The van der Waals surface area contributed by atoms with E-state index in [2.05, 4.69) is 15.9 Å². The summed E-state index contributed by atoms with van der Waals surface area (Å²) in [6, 6.07) is 1.56. The molecule has 13 heavy (non-hydrogen) atoms. The van der Waals surface area contributed by atoms with Crippen molar-refractivity contribution in [3.05, 3.63) is 22.4 Å². The Labute approximate surface area is 86.7 Å². The lowest BCUT2D eigenvalue weighted by Gasteiger charge is -2.01. The first kappa shape index (κ1) is 10.7. The van der Waals surface area contributed by atoms with Crippen molar-refractivity contribution in [3.8, 4) is 5.75 Å². The van der Waals surface area contributed by atoms with Crippen molar-refractivity contribution >= 4 is 35.7 Å². The second-order valence-electron chi connectivity index (χ2n) is 2.17. The Bertz CT molecular complexity index is 445. The molecule has 0 aliphatic heterocycles. The number of benzene rings is 1. The predicted octanol–water partition coefficient (Wildman–Crippen LogP) is 2.22. The first-order chi connectivity index (χ1) is 5.82. The molecule has 3 nitrogen and oxygen atoms in total. The van der Waals surface area contributed by atoms with Gasteiger partial charge >= 0.3 is 0 Å². The van der Waals surface area contributed by atoms with Gasteiger partial charge in [-0.2, -0.15) is 0 Å². The zero-order chi connectivity index (χ0) is 10.2. The third-order valence-corrected chi connectivity index (χ3v) is 3.54. The standard InChI is InChI=1S/C6H3BrClFO3S/c7-3-1-4(9)5(10)2-6(3)13(8,11)12/h1-2,10H. The molecule has 0 radical (unpaired) electrons. The summed E-state index contributed by atoms with van der Waals surface area (Å²) in [5.41, 5.74) is 0. The molecule has 1 aromatic carbocycles. The first-order valence-corrected chi connectivity index (χ1v) is 6.05. The van der Waals surface area contributed by atoms with E-state index in [-0.39, 0.29) is 9.37 Å². The highest BCUT2D eigenvalue weighted by atomic mass is 79.9. The minimum Gasteiger partial charge on any atom is -0.505 e. The van der Waals surface area contributed by atoms with E-state index in [1.165, 1.54) is 0 Å². The average Bonchev–Trinajstić information content (AvgIpc) is 1.94. The van der Waals surface area contributed by atoms with E-state index >= 15 is 0 Å².